The van der Waals surface area contributed by atoms with Crippen LogP contribution in [-0.2, 0) is 0 Å². The molecule has 0 aromatic heterocycles. The van der Waals surface area contributed by atoms with Gasteiger partial charge in [0.05, 0.1) is 0 Å². The summed E-state index contributed by atoms with van der Waals surface area (Å²) in [6, 6.07) is 2.38. The van der Waals surface area contributed by atoms with Crippen LogP contribution in [0.2, 0.25) is 0 Å². The molecule has 0 radical (unpaired) electrons. The van der Waals surface area contributed by atoms with Crippen LogP contribution in [0.4, 0.5) is 0 Å². The Labute approximate surface area is 118 Å². The van der Waals surface area contributed by atoms with E-state index in [2.05, 4.69) is 22.6 Å². The zero-order chi connectivity index (χ0) is 13.1. The number of rotatable bonds is 4. The monoisotopic (exact) mass is 265 g/mol. The molecule has 0 aromatic carbocycles. The van der Waals surface area contributed by atoms with Crippen LogP contribution in [0.1, 0.15) is 51.4 Å². The first kappa shape index (κ1) is 13.8. The summed E-state index contributed by atoms with van der Waals surface area (Å²) >= 11 is 0. The van der Waals surface area contributed by atoms with Crippen molar-refractivity contribution < 1.29 is 0 Å². The normalized spacial score (nSPS) is 40.9. The largest absolute Gasteiger partial charge is 0.314 e. The van der Waals surface area contributed by atoms with Crippen LogP contribution in [0.15, 0.2) is 0 Å². The van der Waals surface area contributed by atoms with E-state index in [0.29, 0.717) is 0 Å². The van der Waals surface area contributed by atoms with Crippen molar-refractivity contribution in [2.45, 2.75) is 69.5 Å². The van der Waals surface area contributed by atoms with Gasteiger partial charge in [-0.1, -0.05) is 12.8 Å². The third-order valence-electron chi connectivity index (χ3n) is 5.72. The Kier molecular flexibility index (Phi) is 4.78. The molecular formula is C16H31N3. The minimum Gasteiger partial charge on any atom is -0.314 e. The first-order valence-corrected chi connectivity index (χ1v) is 8.51. The fourth-order valence-electron chi connectivity index (χ4n) is 4.49. The van der Waals surface area contributed by atoms with Gasteiger partial charge < -0.3 is 15.5 Å². The molecule has 2 N–H and O–H groups in total. The molecule has 2 heterocycles. The Morgan fingerprint density at radius 2 is 2.00 bits per heavy atom. The topological polar surface area (TPSA) is 27.3 Å². The van der Waals surface area contributed by atoms with E-state index in [0.717, 1.165) is 24.0 Å². The summed E-state index contributed by atoms with van der Waals surface area (Å²) in [5, 5.41) is 7.65. The minimum absolute atomic E-state index is 0.783. The second-order valence-corrected chi connectivity index (χ2v) is 6.94. The van der Waals surface area contributed by atoms with E-state index in [1.54, 1.807) is 0 Å². The van der Waals surface area contributed by atoms with Crippen molar-refractivity contribution >= 4 is 0 Å². The Balaban J connectivity index is 1.48. The van der Waals surface area contributed by atoms with Crippen LogP contribution in [0, 0.1) is 5.92 Å². The third-order valence-corrected chi connectivity index (χ3v) is 5.72. The van der Waals surface area contributed by atoms with Gasteiger partial charge in [-0.3, -0.25) is 0 Å². The summed E-state index contributed by atoms with van der Waals surface area (Å²) in [6.07, 6.45) is 11.3. The standard InChI is InChI=1S/C16H31N3/c1-19-11-3-2-6-13(19)12-18-16-8-4-7-14(16)15-9-5-10-17-15/h13-18H,2-12H2,1H3. The van der Waals surface area contributed by atoms with E-state index in [-0.39, 0.29) is 0 Å². The van der Waals surface area contributed by atoms with Gasteiger partial charge in [-0.15, -0.1) is 0 Å². The highest BCUT2D eigenvalue weighted by Gasteiger charge is 2.35. The maximum atomic E-state index is 3.93. The van der Waals surface area contributed by atoms with Crippen molar-refractivity contribution in [1.82, 2.24) is 15.5 Å². The molecule has 1 saturated carbocycles. The molecule has 2 aliphatic heterocycles. The lowest BCUT2D eigenvalue weighted by Gasteiger charge is -2.35. The van der Waals surface area contributed by atoms with Gasteiger partial charge in [0.2, 0.25) is 0 Å². The predicted molar refractivity (Wildman–Crippen MR) is 80.4 cm³/mol. The molecule has 0 amide bonds. The number of likely N-dealkylation sites (tertiary alicyclic amines) is 1. The van der Waals surface area contributed by atoms with Gasteiger partial charge in [0.15, 0.2) is 0 Å². The molecule has 1 aliphatic carbocycles. The molecule has 4 atom stereocenters. The minimum atomic E-state index is 0.783. The second-order valence-electron chi connectivity index (χ2n) is 6.94. The number of nitrogens with one attached hydrogen (secondary N) is 2. The first-order chi connectivity index (χ1) is 9.34. The van der Waals surface area contributed by atoms with Gasteiger partial charge >= 0.3 is 0 Å². The van der Waals surface area contributed by atoms with E-state index >= 15 is 0 Å². The number of hydrogen-bond acceptors (Lipinski definition) is 3. The molecular weight excluding hydrogens is 234 g/mol. The average Bonchev–Trinajstić information content (AvgIpc) is 3.08. The molecule has 2 saturated heterocycles. The molecule has 0 spiro atoms. The smallest absolute Gasteiger partial charge is 0.0217 e. The Morgan fingerprint density at radius 3 is 2.79 bits per heavy atom. The molecule has 110 valence electrons. The lowest BCUT2D eigenvalue weighted by Crippen LogP contribution is -2.48. The van der Waals surface area contributed by atoms with Crippen molar-refractivity contribution in [3.63, 3.8) is 0 Å². The highest BCUT2D eigenvalue weighted by Crippen LogP contribution is 2.32. The summed E-state index contributed by atoms with van der Waals surface area (Å²) in [5.41, 5.74) is 0. The zero-order valence-corrected chi connectivity index (χ0v) is 12.5. The molecule has 3 aliphatic rings. The number of hydrogen-bond donors (Lipinski definition) is 2. The molecule has 3 heteroatoms. The van der Waals surface area contributed by atoms with E-state index in [1.807, 2.05) is 0 Å². The fourth-order valence-corrected chi connectivity index (χ4v) is 4.49. The maximum Gasteiger partial charge on any atom is 0.0217 e. The zero-order valence-electron chi connectivity index (χ0n) is 12.5. The van der Waals surface area contributed by atoms with Gasteiger partial charge in [0, 0.05) is 24.7 Å². The summed E-state index contributed by atoms with van der Waals surface area (Å²) in [7, 11) is 2.30. The van der Waals surface area contributed by atoms with Crippen LogP contribution in [0.5, 0.6) is 0 Å². The Hall–Kier alpha value is -0.120. The molecule has 3 rings (SSSR count). The SMILES string of the molecule is CN1CCCCC1CNC1CCCC1C1CCCN1. The summed E-state index contributed by atoms with van der Waals surface area (Å²) < 4.78 is 0. The molecule has 3 nitrogen and oxygen atoms in total. The van der Waals surface area contributed by atoms with Crippen molar-refractivity contribution in [2.24, 2.45) is 5.92 Å². The Bertz CT molecular complexity index is 275. The van der Waals surface area contributed by atoms with Crippen LogP contribution in [-0.4, -0.2) is 49.7 Å². The second kappa shape index (κ2) is 6.55. The molecule has 4 unspecified atom stereocenters. The molecule has 0 aromatic rings. The van der Waals surface area contributed by atoms with Gasteiger partial charge in [0.25, 0.3) is 0 Å². The van der Waals surface area contributed by atoms with Crippen LogP contribution in [0.25, 0.3) is 0 Å². The number of piperidine rings is 1. The lowest BCUT2D eigenvalue weighted by molar-refractivity contribution is 0.172. The van der Waals surface area contributed by atoms with Gasteiger partial charge in [-0.05, 0) is 64.6 Å². The van der Waals surface area contributed by atoms with E-state index in [9.17, 15) is 0 Å². The third kappa shape index (κ3) is 3.32. The van der Waals surface area contributed by atoms with Crippen molar-refractivity contribution in [3.05, 3.63) is 0 Å². The molecule has 0 bridgehead atoms. The number of nitrogens with zero attached hydrogens (tertiary/aromatic N) is 1. The maximum absolute atomic E-state index is 3.93. The van der Waals surface area contributed by atoms with Crippen LogP contribution < -0.4 is 10.6 Å². The molecule has 3 fully saturated rings. The van der Waals surface area contributed by atoms with Crippen LogP contribution >= 0.6 is 0 Å². The fraction of sp³-hybridized carbons (Fsp3) is 1.00. The van der Waals surface area contributed by atoms with E-state index in [4.69, 9.17) is 0 Å². The average molecular weight is 265 g/mol. The first-order valence-electron chi connectivity index (χ1n) is 8.51. The summed E-state index contributed by atoms with van der Waals surface area (Å²) in [4.78, 5) is 2.56. The van der Waals surface area contributed by atoms with E-state index in [1.165, 1.54) is 71.0 Å². The van der Waals surface area contributed by atoms with Crippen molar-refractivity contribution in [1.29, 1.82) is 0 Å². The van der Waals surface area contributed by atoms with Crippen molar-refractivity contribution in [2.75, 3.05) is 26.7 Å². The molecule has 19 heavy (non-hydrogen) atoms. The summed E-state index contributed by atoms with van der Waals surface area (Å²) in [6.45, 7) is 3.76. The van der Waals surface area contributed by atoms with Crippen molar-refractivity contribution in [3.8, 4) is 0 Å². The van der Waals surface area contributed by atoms with Gasteiger partial charge in [0.1, 0.15) is 0 Å². The summed E-state index contributed by atoms with van der Waals surface area (Å²) in [5.74, 6) is 0.899. The van der Waals surface area contributed by atoms with Gasteiger partial charge in [-0.2, -0.15) is 0 Å². The lowest BCUT2D eigenvalue weighted by atomic mass is 9.92. The van der Waals surface area contributed by atoms with Crippen LogP contribution in [0.3, 0.4) is 0 Å². The Morgan fingerprint density at radius 1 is 1.05 bits per heavy atom. The highest BCUT2D eigenvalue weighted by atomic mass is 15.2. The van der Waals surface area contributed by atoms with E-state index < -0.39 is 0 Å². The quantitative estimate of drug-likeness (QED) is 0.814. The highest BCUT2D eigenvalue weighted by molar-refractivity contribution is 4.94. The van der Waals surface area contributed by atoms with Gasteiger partial charge in [-0.25, -0.2) is 0 Å². The number of likely N-dealkylation sites (N-methyl/N-ethyl adjacent to an activating group) is 1. The predicted octanol–water partition coefficient (Wildman–Crippen LogP) is 1.98.